The van der Waals surface area contributed by atoms with E-state index in [1.165, 1.54) is 17.5 Å². The van der Waals surface area contributed by atoms with Crippen LogP contribution in [0.3, 0.4) is 0 Å². The maximum Gasteiger partial charge on any atom is 0.421 e. The zero-order valence-corrected chi connectivity index (χ0v) is 18.7. The molecule has 0 unspecified atom stereocenters. The average Bonchev–Trinajstić information content (AvgIpc) is 3.33. The summed E-state index contributed by atoms with van der Waals surface area (Å²) < 4.78 is 45.2. The molecule has 1 atom stereocenters. The van der Waals surface area contributed by atoms with Gasteiger partial charge < -0.3 is 14.5 Å². The molecule has 0 N–H and O–H groups in total. The number of fused-ring (bicyclic) bond motifs is 1. The quantitative estimate of drug-likeness (QED) is 0.460. The van der Waals surface area contributed by atoms with E-state index in [2.05, 4.69) is 20.2 Å². The lowest BCUT2D eigenvalue weighted by Gasteiger charge is -2.33. The smallest absolute Gasteiger partial charge is 0.421 e. The lowest BCUT2D eigenvalue weighted by Crippen LogP contribution is -2.38. The molecule has 1 amide bonds. The van der Waals surface area contributed by atoms with Crippen LogP contribution in [0, 0.1) is 4.91 Å². The maximum absolute atomic E-state index is 13.5. The molecule has 0 bridgehead atoms. The van der Waals surface area contributed by atoms with E-state index < -0.39 is 17.6 Å². The van der Waals surface area contributed by atoms with Gasteiger partial charge in [0.1, 0.15) is 11.9 Å². The van der Waals surface area contributed by atoms with E-state index in [0.717, 1.165) is 13.2 Å². The predicted molar refractivity (Wildman–Crippen MR) is 116 cm³/mol. The molecule has 1 saturated heterocycles. The zero-order chi connectivity index (χ0) is 24.5. The summed E-state index contributed by atoms with van der Waals surface area (Å²) in [5.74, 6) is -0.198. The molecule has 0 saturated carbocycles. The van der Waals surface area contributed by atoms with Gasteiger partial charge in [0.15, 0.2) is 5.82 Å². The van der Waals surface area contributed by atoms with Gasteiger partial charge in [-0.2, -0.15) is 13.2 Å². The first-order chi connectivity index (χ1) is 16.3. The summed E-state index contributed by atoms with van der Waals surface area (Å²) in [6, 6.07) is 0.656. The average molecular weight is 479 g/mol. The number of ether oxygens (including phenoxy) is 1. The summed E-state index contributed by atoms with van der Waals surface area (Å²) in [6.45, 7) is 3.22. The first-order valence-corrected chi connectivity index (χ1v) is 10.9. The number of methoxy groups -OCH3 is 1. The van der Waals surface area contributed by atoms with Gasteiger partial charge in [0.05, 0.1) is 36.0 Å². The van der Waals surface area contributed by atoms with Crippen LogP contribution in [0.5, 0.6) is 5.88 Å². The number of anilines is 2. The van der Waals surface area contributed by atoms with Crippen molar-refractivity contribution in [2.75, 3.05) is 36.7 Å². The van der Waals surface area contributed by atoms with Gasteiger partial charge in [-0.15, -0.1) is 4.91 Å². The number of nitroso groups, excluding NO2 is 1. The molecule has 4 rings (SSSR count). The van der Waals surface area contributed by atoms with Crippen LogP contribution in [0.4, 0.5) is 24.7 Å². The first kappa shape index (κ1) is 23.6. The van der Waals surface area contributed by atoms with Gasteiger partial charge in [0, 0.05) is 44.6 Å². The minimum Gasteiger partial charge on any atom is -0.481 e. The molecular weight excluding hydrogens is 455 g/mol. The fraction of sp³-hybridized carbons (Fsp3) is 0.524. The van der Waals surface area contributed by atoms with Gasteiger partial charge in [-0.1, -0.05) is 6.92 Å². The number of alkyl halides is 3. The summed E-state index contributed by atoms with van der Waals surface area (Å²) in [7, 11) is 1.14. The molecule has 34 heavy (non-hydrogen) atoms. The van der Waals surface area contributed by atoms with Crippen LogP contribution in [-0.4, -0.2) is 58.5 Å². The van der Waals surface area contributed by atoms with Gasteiger partial charge in [0.25, 0.3) is 0 Å². The summed E-state index contributed by atoms with van der Waals surface area (Å²) >= 11 is 0. The summed E-state index contributed by atoms with van der Waals surface area (Å²) in [4.78, 5) is 39.7. The van der Waals surface area contributed by atoms with Crippen LogP contribution in [0.2, 0.25) is 0 Å². The Morgan fingerprint density at radius 2 is 2.09 bits per heavy atom. The summed E-state index contributed by atoms with van der Waals surface area (Å²) in [6.07, 6.45) is -0.590. The van der Waals surface area contributed by atoms with Crippen molar-refractivity contribution >= 4 is 17.4 Å². The number of amides is 1. The Morgan fingerprint density at radius 3 is 2.76 bits per heavy atom. The predicted octanol–water partition coefficient (Wildman–Crippen LogP) is 2.96. The van der Waals surface area contributed by atoms with Gasteiger partial charge in [-0.25, -0.2) is 20.0 Å². The van der Waals surface area contributed by atoms with Crippen molar-refractivity contribution in [1.29, 1.82) is 0 Å². The number of hydrogen-bond acceptors (Lipinski definition) is 8. The second-order valence-electron chi connectivity index (χ2n) is 8.10. The number of rotatable bonds is 6. The molecule has 10 nitrogen and oxygen atoms in total. The number of halogens is 3. The van der Waals surface area contributed by atoms with Crippen LogP contribution >= 0.6 is 0 Å². The topological polar surface area (TPSA) is 104 Å². The molecule has 0 aromatic carbocycles. The lowest BCUT2D eigenvalue weighted by molar-refractivity contribution is -0.139. The molecule has 2 aliphatic heterocycles. The molecule has 2 aromatic heterocycles. The van der Waals surface area contributed by atoms with Crippen molar-refractivity contribution in [3.63, 3.8) is 0 Å². The number of carbonyl (C=O) groups is 1. The van der Waals surface area contributed by atoms with Crippen LogP contribution in [0.1, 0.15) is 36.6 Å². The molecular formula is C21H24F3N7O3. The number of aromatic nitrogens is 3. The number of hydrogen-bond donors (Lipinski definition) is 0. The van der Waals surface area contributed by atoms with Crippen molar-refractivity contribution in [3.8, 4) is 5.88 Å². The molecule has 182 valence electrons. The molecule has 4 heterocycles. The molecule has 1 fully saturated rings. The fourth-order valence-corrected chi connectivity index (χ4v) is 4.39. The largest absolute Gasteiger partial charge is 0.481 e. The highest BCUT2D eigenvalue weighted by molar-refractivity contribution is 5.76. The van der Waals surface area contributed by atoms with Crippen molar-refractivity contribution in [3.05, 3.63) is 40.3 Å². The Labute approximate surface area is 193 Å². The second kappa shape index (κ2) is 9.39. The summed E-state index contributed by atoms with van der Waals surface area (Å²) in [5.41, 5.74) is 0.607. The number of nitrogens with zero attached hydrogens (tertiary/aromatic N) is 7. The molecule has 0 spiro atoms. The second-order valence-corrected chi connectivity index (χ2v) is 8.10. The monoisotopic (exact) mass is 479 g/mol. The van der Waals surface area contributed by atoms with E-state index in [4.69, 9.17) is 4.74 Å². The highest BCUT2D eigenvalue weighted by Gasteiger charge is 2.37. The Balaban J connectivity index is 1.63. The Bertz CT molecular complexity index is 1080. The zero-order valence-electron chi connectivity index (χ0n) is 18.7. The van der Waals surface area contributed by atoms with E-state index >= 15 is 0 Å². The van der Waals surface area contributed by atoms with E-state index in [0.29, 0.717) is 56.0 Å². The molecule has 0 aliphatic carbocycles. The van der Waals surface area contributed by atoms with Gasteiger partial charge in [0.2, 0.25) is 11.8 Å². The maximum atomic E-state index is 13.5. The van der Waals surface area contributed by atoms with Crippen LogP contribution in [0.25, 0.3) is 0 Å². The number of likely N-dealkylation sites (tertiary alicyclic amines) is 1. The Kier molecular flexibility index (Phi) is 6.53. The van der Waals surface area contributed by atoms with Crippen LogP contribution in [-0.2, 0) is 23.9 Å². The van der Waals surface area contributed by atoms with Crippen molar-refractivity contribution in [1.82, 2.24) is 19.9 Å². The number of carbonyl (C=O) groups excluding carboxylic acids is 1. The highest BCUT2D eigenvalue weighted by atomic mass is 19.4. The van der Waals surface area contributed by atoms with Crippen molar-refractivity contribution < 1.29 is 22.7 Å². The first-order valence-electron chi connectivity index (χ1n) is 10.9. The highest BCUT2D eigenvalue weighted by Crippen LogP contribution is 2.38. The lowest BCUT2D eigenvalue weighted by atomic mass is 10.0. The summed E-state index contributed by atoms with van der Waals surface area (Å²) in [5, 5.41) is 4.46. The Morgan fingerprint density at radius 1 is 1.29 bits per heavy atom. The standard InChI is InChI=1S/C21H24F3N7O3/c1-3-18(32)30-6-4-13(10-30)31(28-33)19-15-11-29(7-5-17(15)26-12-27-19)14-8-16(21(22,23)24)20(34-2)25-9-14/h8-9,12-13H,3-7,10-11H2,1-2H3/t13-/m0/s1. The minimum atomic E-state index is -4.63. The SMILES string of the molecule is CCC(=O)N1CC[C@H](N(N=O)c2ncnc3c2CN(c2cnc(OC)c(C(F)(F)F)c2)CC3)C1. The van der Waals surface area contributed by atoms with Gasteiger partial charge in [-0.05, 0) is 12.5 Å². The molecule has 13 heteroatoms. The molecule has 2 aliphatic rings. The minimum absolute atomic E-state index is 0.00304. The van der Waals surface area contributed by atoms with Crippen LogP contribution < -0.4 is 14.6 Å². The third kappa shape index (κ3) is 4.46. The van der Waals surface area contributed by atoms with Crippen molar-refractivity contribution in [2.24, 2.45) is 5.29 Å². The van der Waals surface area contributed by atoms with E-state index in [9.17, 15) is 22.9 Å². The third-order valence-electron chi connectivity index (χ3n) is 6.15. The molecule has 2 aromatic rings. The van der Waals surface area contributed by atoms with E-state index in [1.54, 1.807) is 16.7 Å². The van der Waals surface area contributed by atoms with Gasteiger partial charge >= 0.3 is 6.18 Å². The third-order valence-corrected chi connectivity index (χ3v) is 6.15. The number of pyridine rings is 1. The van der Waals surface area contributed by atoms with Gasteiger partial charge in [-0.3, -0.25) is 4.79 Å². The normalized spacial score (nSPS) is 18.0. The molecule has 0 radical (unpaired) electrons. The fourth-order valence-electron chi connectivity index (χ4n) is 4.39. The Hall–Kier alpha value is -3.51. The van der Waals surface area contributed by atoms with Crippen molar-refractivity contribution in [2.45, 2.75) is 44.9 Å². The van der Waals surface area contributed by atoms with Crippen LogP contribution in [0.15, 0.2) is 23.9 Å². The van der Waals surface area contributed by atoms with E-state index in [-0.39, 0.29) is 24.2 Å². The van der Waals surface area contributed by atoms with E-state index in [1.807, 2.05) is 0 Å².